The van der Waals surface area contributed by atoms with Gasteiger partial charge in [-0.25, -0.2) is 4.39 Å². The normalized spacial score (nSPS) is 22.3. The lowest BCUT2D eigenvalue weighted by atomic mass is 9.75. The predicted molar refractivity (Wildman–Crippen MR) is 122 cm³/mol. The van der Waals surface area contributed by atoms with Gasteiger partial charge in [0.1, 0.15) is 5.82 Å². The van der Waals surface area contributed by atoms with Crippen molar-refractivity contribution in [2.75, 3.05) is 0 Å². The SMILES string of the molecule is C[C@@H](NC(=O)c1ccc(C2CC2)cc1)[C@H]1CC[C@H](c2ccnc3ccc(F)cc32)CC1. The number of nitrogens with one attached hydrogen (secondary N) is 1. The Morgan fingerprint density at radius 1 is 0.968 bits per heavy atom. The summed E-state index contributed by atoms with van der Waals surface area (Å²) in [7, 11) is 0. The molecular weight excluding hydrogens is 387 g/mol. The van der Waals surface area contributed by atoms with Crippen LogP contribution in [0, 0.1) is 11.7 Å². The highest BCUT2D eigenvalue weighted by molar-refractivity contribution is 5.94. The summed E-state index contributed by atoms with van der Waals surface area (Å²) >= 11 is 0. The van der Waals surface area contributed by atoms with Crippen LogP contribution in [0.4, 0.5) is 4.39 Å². The number of fused-ring (bicyclic) bond motifs is 1. The third-order valence-corrected chi connectivity index (χ3v) is 7.24. The molecule has 2 fully saturated rings. The molecule has 0 bridgehead atoms. The second-order valence-corrected chi connectivity index (χ2v) is 9.33. The van der Waals surface area contributed by atoms with Crippen LogP contribution >= 0.6 is 0 Å². The second-order valence-electron chi connectivity index (χ2n) is 9.33. The summed E-state index contributed by atoms with van der Waals surface area (Å²) in [5, 5.41) is 4.16. The zero-order chi connectivity index (χ0) is 21.4. The molecule has 1 aromatic heterocycles. The minimum absolute atomic E-state index is 0.0209. The molecule has 4 heteroatoms. The van der Waals surface area contributed by atoms with Crippen LogP contribution in [-0.2, 0) is 0 Å². The van der Waals surface area contributed by atoms with Gasteiger partial charge in [-0.15, -0.1) is 0 Å². The molecule has 2 saturated carbocycles. The van der Waals surface area contributed by atoms with Crippen LogP contribution in [0.3, 0.4) is 0 Å². The molecule has 5 rings (SSSR count). The van der Waals surface area contributed by atoms with Crippen LogP contribution < -0.4 is 5.32 Å². The summed E-state index contributed by atoms with van der Waals surface area (Å²) in [6.45, 7) is 2.12. The Labute approximate surface area is 183 Å². The fraction of sp³-hybridized carbons (Fsp3) is 0.407. The Morgan fingerprint density at radius 3 is 2.39 bits per heavy atom. The average molecular weight is 417 g/mol. The number of halogens is 1. The molecule has 0 aliphatic heterocycles. The summed E-state index contributed by atoms with van der Waals surface area (Å²) in [5.74, 6) is 1.40. The molecule has 0 spiro atoms. The Morgan fingerprint density at radius 2 is 1.68 bits per heavy atom. The molecule has 2 aliphatic carbocycles. The van der Waals surface area contributed by atoms with Crippen molar-refractivity contribution in [3.8, 4) is 0 Å². The number of benzene rings is 2. The first-order chi connectivity index (χ1) is 15.1. The Bertz CT molecular complexity index is 1080. The van der Waals surface area contributed by atoms with Crippen LogP contribution in [0.25, 0.3) is 10.9 Å². The van der Waals surface area contributed by atoms with Gasteiger partial charge in [0.05, 0.1) is 5.52 Å². The van der Waals surface area contributed by atoms with E-state index in [1.807, 2.05) is 24.4 Å². The smallest absolute Gasteiger partial charge is 0.251 e. The van der Waals surface area contributed by atoms with Gasteiger partial charge >= 0.3 is 0 Å². The number of carbonyl (C=O) groups excluding carboxylic acids is 1. The lowest BCUT2D eigenvalue weighted by Gasteiger charge is -2.33. The average Bonchev–Trinajstić information content (AvgIpc) is 3.64. The Balaban J connectivity index is 1.20. The van der Waals surface area contributed by atoms with Crippen LogP contribution in [0.5, 0.6) is 0 Å². The van der Waals surface area contributed by atoms with Crippen molar-refractivity contribution in [1.82, 2.24) is 10.3 Å². The van der Waals surface area contributed by atoms with Crippen molar-refractivity contribution in [1.29, 1.82) is 0 Å². The monoisotopic (exact) mass is 416 g/mol. The van der Waals surface area contributed by atoms with Gasteiger partial charge in [-0.05, 0) is 111 Å². The summed E-state index contributed by atoms with van der Waals surface area (Å²) in [6.07, 6.45) is 8.61. The van der Waals surface area contributed by atoms with Gasteiger partial charge in [0.2, 0.25) is 0 Å². The fourth-order valence-corrected chi connectivity index (χ4v) is 5.16. The number of aromatic nitrogens is 1. The van der Waals surface area contributed by atoms with Gasteiger partial charge in [-0.1, -0.05) is 12.1 Å². The van der Waals surface area contributed by atoms with E-state index >= 15 is 0 Å². The minimum atomic E-state index is -0.211. The number of rotatable bonds is 5. The minimum Gasteiger partial charge on any atom is -0.349 e. The molecule has 0 radical (unpaired) electrons. The van der Waals surface area contributed by atoms with Crippen LogP contribution in [0.15, 0.2) is 54.7 Å². The molecule has 1 N–H and O–H groups in total. The molecule has 3 nitrogen and oxygen atoms in total. The predicted octanol–water partition coefficient (Wildman–Crippen LogP) is 6.34. The fourth-order valence-electron chi connectivity index (χ4n) is 5.16. The van der Waals surface area contributed by atoms with Gasteiger partial charge < -0.3 is 5.32 Å². The topological polar surface area (TPSA) is 42.0 Å². The third-order valence-electron chi connectivity index (χ3n) is 7.24. The quantitative estimate of drug-likeness (QED) is 0.527. The maximum atomic E-state index is 13.8. The van der Waals surface area contributed by atoms with Crippen molar-refractivity contribution in [2.45, 2.75) is 63.3 Å². The first kappa shape index (κ1) is 20.2. The summed E-state index contributed by atoms with van der Waals surface area (Å²) in [4.78, 5) is 17.1. The summed E-state index contributed by atoms with van der Waals surface area (Å²) < 4.78 is 13.8. The van der Waals surface area contributed by atoms with Crippen molar-refractivity contribution in [3.63, 3.8) is 0 Å². The highest BCUT2D eigenvalue weighted by Crippen LogP contribution is 2.40. The first-order valence-electron chi connectivity index (χ1n) is 11.5. The van der Waals surface area contributed by atoms with Gasteiger partial charge in [0.15, 0.2) is 0 Å². The molecule has 1 heterocycles. The number of nitrogens with zero attached hydrogens (tertiary/aromatic N) is 1. The first-order valence-corrected chi connectivity index (χ1v) is 11.5. The Hall–Kier alpha value is -2.75. The molecule has 0 saturated heterocycles. The van der Waals surface area contributed by atoms with Crippen molar-refractivity contribution < 1.29 is 9.18 Å². The van der Waals surface area contributed by atoms with Gasteiger partial charge in [-0.2, -0.15) is 0 Å². The molecule has 3 aromatic rings. The van der Waals surface area contributed by atoms with E-state index < -0.39 is 0 Å². The van der Waals surface area contributed by atoms with E-state index in [2.05, 4.69) is 29.4 Å². The molecular formula is C27H29FN2O. The zero-order valence-corrected chi connectivity index (χ0v) is 18.0. The number of hydrogen-bond acceptors (Lipinski definition) is 2. The number of carbonyl (C=O) groups is 1. The van der Waals surface area contributed by atoms with E-state index in [-0.39, 0.29) is 17.8 Å². The van der Waals surface area contributed by atoms with Gasteiger partial charge in [-0.3, -0.25) is 9.78 Å². The molecule has 31 heavy (non-hydrogen) atoms. The van der Waals surface area contributed by atoms with E-state index in [0.29, 0.717) is 17.8 Å². The van der Waals surface area contributed by atoms with Crippen molar-refractivity contribution in [2.24, 2.45) is 5.92 Å². The summed E-state index contributed by atoms with van der Waals surface area (Å²) in [5.41, 5.74) is 4.16. The number of amides is 1. The van der Waals surface area contributed by atoms with E-state index in [9.17, 15) is 9.18 Å². The maximum absolute atomic E-state index is 13.8. The number of hydrogen-bond donors (Lipinski definition) is 1. The van der Waals surface area contributed by atoms with Crippen molar-refractivity contribution >= 4 is 16.8 Å². The Kier molecular flexibility index (Phi) is 5.47. The summed E-state index contributed by atoms with van der Waals surface area (Å²) in [6, 6.07) is 15.1. The number of pyridine rings is 1. The van der Waals surface area contributed by atoms with E-state index in [0.717, 1.165) is 42.1 Å². The third kappa shape index (κ3) is 4.34. The lowest BCUT2D eigenvalue weighted by molar-refractivity contribution is 0.0918. The highest BCUT2D eigenvalue weighted by Gasteiger charge is 2.28. The molecule has 1 amide bonds. The van der Waals surface area contributed by atoms with E-state index in [1.54, 1.807) is 12.1 Å². The lowest BCUT2D eigenvalue weighted by Crippen LogP contribution is -2.39. The largest absolute Gasteiger partial charge is 0.349 e. The standard InChI is InChI=1S/C27H29FN2O/c1-17(30-27(31)22-10-6-20(7-11-22)19-4-5-19)18-2-8-21(9-3-18)24-14-15-29-26-13-12-23(28)16-25(24)26/h6-7,10-19,21H,2-5,8-9H2,1H3,(H,30,31)/t17-,18-,21-/m1/s1. The molecule has 2 aliphatic rings. The molecule has 160 valence electrons. The van der Waals surface area contributed by atoms with Crippen LogP contribution in [-0.4, -0.2) is 16.9 Å². The highest BCUT2D eigenvalue weighted by atomic mass is 19.1. The van der Waals surface area contributed by atoms with Gasteiger partial charge in [0, 0.05) is 23.2 Å². The molecule has 0 unspecified atom stereocenters. The van der Waals surface area contributed by atoms with Gasteiger partial charge in [0.25, 0.3) is 5.91 Å². The van der Waals surface area contributed by atoms with E-state index in [4.69, 9.17) is 0 Å². The van der Waals surface area contributed by atoms with E-state index in [1.165, 1.54) is 30.0 Å². The maximum Gasteiger partial charge on any atom is 0.251 e. The zero-order valence-electron chi connectivity index (χ0n) is 18.0. The van der Waals surface area contributed by atoms with Crippen molar-refractivity contribution in [3.05, 3.63) is 77.2 Å². The second kappa shape index (κ2) is 8.41. The molecule has 2 aromatic carbocycles. The molecule has 1 atom stereocenters. The van der Waals surface area contributed by atoms with Crippen LogP contribution in [0.1, 0.15) is 78.8 Å². The van der Waals surface area contributed by atoms with Crippen LogP contribution in [0.2, 0.25) is 0 Å².